The van der Waals surface area contributed by atoms with E-state index in [1.807, 2.05) is 18.2 Å². The van der Waals surface area contributed by atoms with Crippen LogP contribution in [0.5, 0.6) is 0 Å². The predicted molar refractivity (Wildman–Crippen MR) is 123 cm³/mol. The van der Waals surface area contributed by atoms with Crippen molar-refractivity contribution >= 4 is 24.4 Å². The van der Waals surface area contributed by atoms with Crippen molar-refractivity contribution in [1.29, 1.82) is 0 Å². The largest absolute Gasteiger partial charge is 0.481 e. The Hall–Kier alpha value is -1.63. The number of allylic oxidation sites excluding steroid dienone is 7. The van der Waals surface area contributed by atoms with Gasteiger partial charge >= 0.3 is 5.97 Å². The van der Waals surface area contributed by atoms with E-state index in [4.69, 9.17) is 10.8 Å². The lowest BCUT2D eigenvalue weighted by Gasteiger charge is -2.21. The van der Waals surface area contributed by atoms with Gasteiger partial charge in [-0.1, -0.05) is 68.4 Å². The van der Waals surface area contributed by atoms with Crippen LogP contribution >= 0.6 is 12.6 Å². The molecule has 1 unspecified atom stereocenters. The molecule has 0 amide bonds. The van der Waals surface area contributed by atoms with Gasteiger partial charge in [0.2, 0.25) is 0 Å². The molecule has 0 rings (SSSR count). The van der Waals surface area contributed by atoms with Crippen LogP contribution < -0.4 is 5.73 Å². The molecule has 29 heavy (non-hydrogen) atoms. The maximum Gasteiger partial charge on any atom is 0.303 e. The Morgan fingerprint density at radius 2 is 1.76 bits per heavy atom. The molecule has 164 valence electrons. The molecule has 0 bridgehead atoms. The summed E-state index contributed by atoms with van der Waals surface area (Å²) < 4.78 is 0. The molecular weight excluding hydrogens is 386 g/mol. The molecule has 0 aliphatic rings. The van der Waals surface area contributed by atoms with Gasteiger partial charge in [0.05, 0.1) is 18.1 Å². The fourth-order valence-electron chi connectivity index (χ4n) is 2.67. The smallest absolute Gasteiger partial charge is 0.303 e. The summed E-state index contributed by atoms with van der Waals surface area (Å²) in [7, 11) is 0. The van der Waals surface area contributed by atoms with Crippen LogP contribution in [0, 0.1) is 5.92 Å². The van der Waals surface area contributed by atoms with E-state index >= 15 is 0 Å². The summed E-state index contributed by atoms with van der Waals surface area (Å²) in [5.41, 5.74) is 5.77. The fraction of sp³-hybridized carbons (Fsp3) is 0.565. The number of carboxylic acid groups (broad SMARTS) is 1. The first-order chi connectivity index (χ1) is 13.9. The van der Waals surface area contributed by atoms with Crippen molar-refractivity contribution < 1.29 is 19.8 Å². The van der Waals surface area contributed by atoms with Gasteiger partial charge in [-0.15, -0.1) is 0 Å². The van der Waals surface area contributed by atoms with Crippen LogP contribution in [-0.4, -0.2) is 39.9 Å². The molecule has 0 radical (unpaired) electrons. The van der Waals surface area contributed by atoms with Gasteiger partial charge in [-0.3, -0.25) is 9.59 Å². The van der Waals surface area contributed by atoms with E-state index in [0.29, 0.717) is 6.42 Å². The van der Waals surface area contributed by atoms with Gasteiger partial charge in [0.25, 0.3) is 0 Å². The van der Waals surface area contributed by atoms with E-state index in [2.05, 4.69) is 31.7 Å². The molecule has 0 heterocycles. The van der Waals surface area contributed by atoms with Crippen LogP contribution in [0.2, 0.25) is 0 Å². The van der Waals surface area contributed by atoms with E-state index in [9.17, 15) is 14.7 Å². The van der Waals surface area contributed by atoms with Crippen LogP contribution in [0.4, 0.5) is 0 Å². The molecule has 6 heteroatoms. The summed E-state index contributed by atoms with van der Waals surface area (Å²) in [6, 6.07) is -0.768. The zero-order chi connectivity index (χ0) is 21.9. The third kappa shape index (κ3) is 14.9. The molecule has 0 aliphatic heterocycles. The monoisotopic (exact) mass is 423 g/mol. The number of aliphatic hydroxyl groups is 1. The molecule has 3 atom stereocenters. The molecule has 0 fully saturated rings. The number of hydrogen-bond donors (Lipinski definition) is 4. The maximum absolute atomic E-state index is 12.4. The Morgan fingerprint density at radius 3 is 2.41 bits per heavy atom. The number of aliphatic hydroxyl groups excluding tert-OH is 1. The number of carbonyl (C=O) groups excluding carboxylic acids is 1. The maximum atomic E-state index is 12.4. The van der Waals surface area contributed by atoms with E-state index in [-0.39, 0.29) is 24.4 Å². The minimum atomic E-state index is -0.967. The highest BCUT2D eigenvalue weighted by Gasteiger charge is 2.27. The van der Waals surface area contributed by atoms with Crippen LogP contribution in [-0.2, 0) is 9.59 Å². The van der Waals surface area contributed by atoms with Crippen LogP contribution in [0.25, 0.3) is 0 Å². The van der Waals surface area contributed by atoms with E-state index in [1.54, 1.807) is 18.2 Å². The molecular formula is C23H37NO4S. The number of thiol groups is 1. The molecule has 0 aliphatic carbocycles. The van der Waals surface area contributed by atoms with Crippen molar-refractivity contribution in [2.24, 2.45) is 11.7 Å². The number of carboxylic acids is 1. The third-order valence-electron chi connectivity index (χ3n) is 4.40. The van der Waals surface area contributed by atoms with E-state index < -0.39 is 24.0 Å². The predicted octanol–water partition coefficient (Wildman–Crippen LogP) is 4.24. The first-order valence-electron chi connectivity index (χ1n) is 10.4. The number of hydrogen-bond acceptors (Lipinski definition) is 5. The zero-order valence-electron chi connectivity index (χ0n) is 17.5. The Morgan fingerprint density at radius 1 is 1.03 bits per heavy atom. The molecule has 0 spiro atoms. The summed E-state index contributed by atoms with van der Waals surface area (Å²) in [5, 5.41) is 19.0. The molecule has 0 aromatic carbocycles. The first kappa shape index (κ1) is 27.4. The van der Waals surface area contributed by atoms with Gasteiger partial charge in [-0.05, 0) is 32.1 Å². The minimum absolute atomic E-state index is 0.0436. The average Bonchev–Trinajstić information content (AvgIpc) is 2.70. The highest BCUT2D eigenvalue weighted by atomic mass is 32.1. The van der Waals surface area contributed by atoms with Gasteiger partial charge < -0.3 is 15.9 Å². The topological polar surface area (TPSA) is 101 Å². The molecule has 0 saturated carbocycles. The lowest BCUT2D eigenvalue weighted by atomic mass is 9.90. The molecule has 0 aromatic rings. The van der Waals surface area contributed by atoms with Crippen molar-refractivity contribution in [3.63, 3.8) is 0 Å². The molecule has 0 saturated heterocycles. The summed E-state index contributed by atoms with van der Waals surface area (Å²) in [6.07, 6.45) is 20.6. The Labute approximate surface area is 180 Å². The normalized spacial score (nSPS) is 15.6. The summed E-state index contributed by atoms with van der Waals surface area (Å²) >= 11 is 4.05. The highest BCUT2D eigenvalue weighted by Crippen LogP contribution is 2.16. The van der Waals surface area contributed by atoms with Gasteiger partial charge in [0, 0.05) is 12.2 Å². The average molecular weight is 424 g/mol. The summed E-state index contributed by atoms with van der Waals surface area (Å²) in [5.74, 6) is -1.80. The second kappa shape index (κ2) is 18.4. The Kier molecular flexibility index (Phi) is 17.4. The Balaban J connectivity index is 4.58. The zero-order valence-corrected chi connectivity index (χ0v) is 18.3. The van der Waals surface area contributed by atoms with Crippen LogP contribution in [0.3, 0.4) is 0 Å². The number of aliphatic carboxylic acids is 1. The second-order valence-corrected chi connectivity index (χ2v) is 7.34. The van der Waals surface area contributed by atoms with Gasteiger partial charge in [-0.25, -0.2) is 0 Å². The van der Waals surface area contributed by atoms with E-state index in [0.717, 1.165) is 12.8 Å². The number of nitrogens with two attached hydrogens (primary N) is 1. The van der Waals surface area contributed by atoms with Crippen molar-refractivity contribution in [2.45, 2.75) is 70.4 Å². The highest BCUT2D eigenvalue weighted by molar-refractivity contribution is 7.80. The number of unbranched alkanes of at least 4 members (excludes halogenated alkanes) is 3. The van der Waals surface area contributed by atoms with Gasteiger partial charge in [-0.2, -0.15) is 12.6 Å². The third-order valence-corrected chi connectivity index (χ3v) is 4.79. The van der Waals surface area contributed by atoms with Crippen LogP contribution in [0.15, 0.2) is 48.6 Å². The van der Waals surface area contributed by atoms with Crippen molar-refractivity contribution in [3.8, 4) is 0 Å². The number of ketones is 1. The van der Waals surface area contributed by atoms with Crippen LogP contribution in [0.1, 0.15) is 58.3 Å². The quantitative estimate of drug-likeness (QED) is 0.121. The first-order valence-corrected chi connectivity index (χ1v) is 11.0. The number of carbonyl (C=O) groups is 2. The summed E-state index contributed by atoms with van der Waals surface area (Å²) in [6.45, 7) is 2.19. The summed E-state index contributed by atoms with van der Waals surface area (Å²) in [4.78, 5) is 23.0. The Bertz CT molecular complexity index is 569. The fourth-order valence-corrected chi connectivity index (χ4v) is 2.85. The standard InChI is InChI=1S/C23H37NO4S/c1-2-3-4-5-6-7-8-9-10-11-12-13-15-19(23(28)20(24)18-29)21(25)16-14-17-22(26)27/h6-7,9-13,15,19-21,25,29H,2-5,8,14,16-18,24H2,1H3,(H,26,27)/b7-6-,10-9+,12-11-,15-13+/t19-,20?,21+/m0/s1. The van der Waals surface area contributed by atoms with E-state index in [1.165, 1.54) is 19.3 Å². The second-order valence-electron chi connectivity index (χ2n) is 6.97. The number of Topliss-reactive ketones (excluding diaryl/α,β-unsaturated/α-hetero) is 1. The molecule has 5 nitrogen and oxygen atoms in total. The van der Waals surface area contributed by atoms with Crippen molar-refractivity contribution in [3.05, 3.63) is 48.6 Å². The lowest BCUT2D eigenvalue weighted by molar-refractivity contribution is -0.137. The van der Waals surface area contributed by atoms with Crippen molar-refractivity contribution in [2.75, 3.05) is 5.75 Å². The molecule has 0 aromatic heterocycles. The van der Waals surface area contributed by atoms with Gasteiger partial charge in [0.15, 0.2) is 5.78 Å². The lowest BCUT2D eigenvalue weighted by Crippen LogP contribution is -2.41. The number of rotatable bonds is 17. The SMILES string of the molecule is CCCCC/C=C\C/C=C/C=C\C=C\[C@H](C(=O)C(N)CS)[C@H](O)CCCC(=O)O. The molecule has 4 N–H and O–H groups in total. The van der Waals surface area contributed by atoms with Gasteiger partial charge in [0.1, 0.15) is 0 Å². The van der Waals surface area contributed by atoms with Crippen molar-refractivity contribution in [1.82, 2.24) is 0 Å². The minimum Gasteiger partial charge on any atom is -0.481 e.